The molecule has 2 rings (SSSR count). The van der Waals surface area contributed by atoms with Gasteiger partial charge >= 0.3 is 0 Å². The number of nitrogens with one attached hydrogen (secondary N) is 2. The van der Waals surface area contributed by atoms with Gasteiger partial charge in [0.2, 0.25) is 0 Å². The molecule has 1 aromatic carbocycles. The SMILES string of the molecule is CNc1ncc(Cc2ccc(OC)c(Cl)c2)[nH]1. The molecule has 0 unspecified atom stereocenters. The summed E-state index contributed by atoms with van der Waals surface area (Å²) in [6, 6.07) is 5.76. The van der Waals surface area contributed by atoms with E-state index in [9.17, 15) is 0 Å². The summed E-state index contributed by atoms with van der Waals surface area (Å²) in [6.45, 7) is 0. The van der Waals surface area contributed by atoms with Gasteiger partial charge in [-0.05, 0) is 17.7 Å². The lowest BCUT2D eigenvalue weighted by molar-refractivity contribution is 0.415. The van der Waals surface area contributed by atoms with Crippen molar-refractivity contribution >= 4 is 17.5 Å². The molecule has 2 aromatic rings. The molecule has 0 saturated carbocycles. The first kappa shape index (κ1) is 11.8. The smallest absolute Gasteiger partial charge is 0.200 e. The Balaban J connectivity index is 2.15. The van der Waals surface area contributed by atoms with E-state index in [1.807, 2.05) is 31.4 Å². The predicted molar refractivity (Wildman–Crippen MR) is 68.9 cm³/mol. The van der Waals surface area contributed by atoms with Crippen molar-refractivity contribution in [2.45, 2.75) is 6.42 Å². The van der Waals surface area contributed by atoms with Crippen LogP contribution in [-0.2, 0) is 6.42 Å². The topological polar surface area (TPSA) is 49.9 Å². The number of imidazole rings is 1. The third-order valence-corrected chi connectivity index (χ3v) is 2.77. The second-order valence-electron chi connectivity index (χ2n) is 3.65. The van der Waals surface area contributed by atoms with Gasteiger partial charge in [-0.2, -0.15) is 0 Å². The molecular weight excluding hydrogens is 238 g/mol. The predicted octanol–water partition coefficient (Wildman–Crippen LogP) is 2.70. The molecule has 0 aliphatic rings. The van der Waals surface area contributed by atoms with Crippen molar-refractivity contribution < 1.29 is 4.74 Å². The fraction of sp³-hybridized carbons (Fsp3) is 0.250. The van der Waals surface area contributed by atoms with Gasteiger partial charge < -0.3 is 15.0 Å². The van der Waals surface area contributed by atoms with E-state index >= 15 is 0 Å². The molecular formula is C12H14ClN3O. The van der Waals surface area contributed by atoms with Gasteiger partial charge in [-0.25, -0.2) is 4.98 Å². The molecule has 0 aliphatic carbocycles. The van der Waals surface area contributed by atoms with Crippen LogP contribution in [0.2, 0.25) is 5.02 Å². The van der Waals surface area contributed by atoms with Gasteiger partial charge in [0.1, 0.15) is 5.75 Å². The molecule has 0 amide bonds. The zero-order valence-corrected chi connectivity index (χ0v) is 10.5. The lowest BCUT2D eigenvalue weighted by Gasteiger charge is -2.05. The van der Waals surface area contributed by atoms with Crippen molar-refractivity contribution in [2.75, 3.05) is 19.5 Å². The minimum absolute atomic E-state index is 0.623. The van der Waals surface area contributed by atoms with Crippen LogP contribution in [0.3, 0.4) is 0 Å². The molecule has 2 N–H and O–H groups in total. The van der Waals surface area contributed by atoms with Crippen molar-refractivity contribution in [1.82, 2.24) is 9.97 Å². The minimum Gasteiger partial charge on any atom is -0.495 e. The second-order valence-corrected chi connectivity index (χ2v) is 4.06. The molecule has 0 atom stereocenters. The minimum atomic E-state index is 0.623. The number of aromatic nitrogens is 2. The highest BCUT2D eigenvalue weighted by molar-refractivity contribution is 6.32. The summed E-state index contributed by atoms with van der Waals surface area (Å²) in [7, 11) is 3.43. The summed E-state index contributed by atoms with van der Waals surface area (Å²) >= 11 is 6.07. The number of hydrogen-bond acceptors (Lipinski definition) is 3. The Morgan fingerprint density at radius 1 is 1.47 bits per heavy atom. The van der Waals surface area contributed by atoms with Crippen LogP contribution in [-0.4, -0.2) is 24.1 Å². The van der Waals surface area contributed by atoms with Crippen LogP contribution in [0, 0.1) is 0 Å². The molecule has 17 heavy (non-hydrogen) atoms. The molecule has 0 fully saturated rings. The van der Waals surface area contributed by atoms with Crippen LogP contribution in [0.15, 0.2) is 24.4 Å². The van der Waals surface area contributed by atoms with Gasteiger partial charge in [-0.1, -0.05) is 17.7 Å². The molecule has 0 radical (unpaired) electrons. The Labute approximate surface area is 105 Å². The summed E-state index contributed by atoms with van der Waals surface area (Å²) in [5.41, 5.74) is 2.15. The first-order chi connectivity index (χ1) is 8.22. The summed E-state index contributed by atoms with van der Waals surface area (Å²) < 4.78 is 5.11. The highest BCUT2D eigenvalue weighted by atomic mass is 35.5. The number of hydrogen-bond donors (Lipinski definition) is 2. The average Bonchev–Trinajstić information content (AvgIpc) is 2.77. The molecule has 0 bridgehead atoms. The van der Waals surface area contributed by atoms with Crippen molar-refractivity contribution in [2.24, 2.45) is 0 Å². The Kier molecular flexibility index (Phi) is 3.54. The summed E-state index contributed by atoms with van der Waals surface area (Å²) in [5, 5.41) is 3.57. The lowest BCUT2D eigenvalue weighted by Crippen LogP contribution is -1.92. The van der Waals surface area contributed by atoms with Crippen LogP contribution >= 0.6 is 11.6 Å². The van der Waals surface area contributed by atoms with Crippen LogP contribution in [0.4, 0.5) is 5.95 Å². The van der Waals surface area contributed by atoms with E-state index in [-0.39, 0.29) is 0 Å². The number of halogens is 1. The van der Waals surface area contributed by atoms with Crippen LogP contribution < -0.4 is 10.1 Å². The second kappa shape index (κ2) is 5.10. The number of rotatable bonds is 4. The van der Waals surface area contributed by atoms with Gasteiger partial charge in [-0.3, -0.25) is 0 Å². The maximum atomic E-state index is 6.07. The molecule has 5 heteroatoms. The normalized spacial score (nSPS) is 10.3. The van der Waals surface area contributed by atoms with Gasteiger partial charge in [0.05, 0.1) is 18.3 Å². The largest absolute Gasteiger partial charge is 0.495 e. The van der Waals surface area contributed by atoms with E-state index in [1.54, 1.807) is 7.11 Å². The number of ether oxygens (including phenoxy) is 1. The number of aromatic amines is 1. The van der Waals surface area contributed by atoms with E-state index in [0.29, 0.717) is 10.8 Å². The quantitative estimate of drug-likeness (QED) is 0.879. The van der Waals surface area contributed by atoms with Gasteiger partial charge in [0.25, 0.3) is 0 Å². The van der Waals surface area contributed by atoms with Crippen LogP contribution in [0.1, 0.15) is 11.3 Å². The van der Waals surface area contributed by atoms with E-state index in [1.165, 1.54) is 0 Å². The van der Waals surface area contributed by atoms with Crippen molar-refractivity contribution in [3.8, 4) is 5.75 Å². The maximum absolute atomic E-state index is 6.07. The zero-order valence-electron chi connectivity index (χ0n) is 9.75. The fourth-order valence-electron chi connectivity index (χ4n) is 1.62. The monoisotopic (exact) mass is 251 g/mol. The average molecular weight is 252 g/mol. The Morgan fingerprint density at radius 2 is 2.29 bits per heavy atom. The van der Waals surface area contributed by atoms with E-state index in [4.69, 9.17) is 16.3 Å². The van der Waals surface area contributed by atoms with Gasteiger partial charge in [0.15, 0.2) is 5.95 Å². The van der Waals surface area contributed by atoms with Crippen molar-refractivity contribution in [3.05, 3.63) is 40.7 Å². The first-order valence-electron chi connectivity index (χ1n) is 5.27. The molecule has 1 aromatic heterocycles. The highest BCUT2D eigenvalue weighted by Gasteiger charge is 2.04. The standard InChI is InChI=1S/C12H14ClN3O/c1-14-12-15-7-9(16-12)5-8-3-4-11(17-2)10(13)6-8/h3-4,6-7H,5H2,1-2H3,(H2,14,15,16). The molecule has 90 valence electrons. The van der Waals surface area contributed by atoms with Crippen molar-refractivity contribution in [1.29, 1.82) is 0 Å². The van der Waals surface area contributed by atoms with E-state index < -0.39 is 0 Å². The van der Waals surface area contributed by atoms with Gasteiger partial charge in [-0.15, -0.1) is 0 Å². The van der Waals surface area contributed by atoms with Gasteiger partial charge in [0, 0.05) is 19.2 Å². The molecule has 4 nitrogen and oxygen atoms in total. The summed E-state index contributed by atoms with van der Waals surface area (Å²) in [6.07, 6.45) is 2.57. The summed E-state index contributed by atoms with van der Waals surface area (Å²) in [5.74, 6) is 1.45. The Morgan fingerprint density at radius 3 is 2.88 bits per heavy atom. The van der Waals surface area contributed by atoms with E-state index in [0.717, 1.165) is 23.6 Å². The molecule has 1 heterocycles. The first-order valence-corrected chi connectivity index (χ1v) is 5.64. The number of anilines is 1. The van der Waals surface area contributed by atoms with Crippen LogP contribution in [0.5, 0.6) is 5.75 Å². The maximum Gasteiger partial charge on any atom is 0.200 e. The van der Waals surface area contributed by atoms with E-state index in [2.05, 4.69) is 15.3 Å². The lowest BCUT2D eigenvalue weighted by atomic mass is 10.1. The number of nitrogens with zero attached hydrogens (tertiary/aromatic N) is 1. The molecule has 0 spiro atoms. The fourth-order valence-corrected chi connectivity index (χ4v) is 1.90. The Bertz CT molecular complexity index is 510. The third-order valence-electron chi connectivity index (χ3n) is 2.48. The van der Waals surface area contributed by atoms with Crippen LogP contribution in [0.25, 0.3) is 0 Å². The highest BCUT2D eigenvalue weighted by Crippen LogP contribution is 2.25. The number of H-pyrrole nitrogens is 1. The zero-order chi connectivity index (χ0) is 12.3. The number of methoxy groups -OCH3 is 1. The summed E-state index contributed by atoms with van der Waals surface area (Å²) in [4.78, 5) is 7.33. The Hall–Kier alpha value is -1.68. The molecule has 0 aliphatic heterocycles. The number of benzene rings is 1. The van der Waals surface area contributed by atoms with Crippen molar-refractivity contribution in [3.63, 3.8) is 0 Å². The third kappa shape index (κ3) is 2.71. The molecule has 0 saturated heterocycles.